The molecular weight excluding hydrogens is 369 g/mol. The number of hydrogen-bond acceptors (Lipinski definition) is 5. The highest BCUT2D eigenvalue weighted by Gasteiger charge is 2.24. The third kappa shape index (κ3) is 4.08. The fourth-order valence-electron chi connectivity index (χ4n) is 3.46. The molecule has 2 aromatic heterocycles. The van der Waals surface area contributed by atoms with E-state index in [1.807, 2.05) is 32.0 Å². The van der Waals surface area contributed by atoms with E-state index in [1.54, 1.807) is 18.3 Å². The number of halogens is 1. The summed E-state index contributed by atoms with van der Waals surface area (Å²) in [6.07, 6.45) is 3.58. The van der Waals surface area contributed by atoms with Crippen molar-refractivity contribution in [3.05, 3.63) is 71.7 Å². The lowest BCUT2D eigenvalue weighted by molar-refractivity contribution is -0.117. The molecule has 1 aliphatic heterocycles. The maximum Gasteiger partial charge on any atom is 0.233 e. The van der Waals surface area contributed by atoms with Crippen molar-refractivity contribution in [2.75, 3.05) is 16.8 Å². The molecule has 1 amide bonds. The highest BCUT2D eigenvalue weighted by atomic mass is 19.1. The number of carbonyl (C=O) groups excluding carboxylic acids is 1. The number of aromatic nitrogens is 3. The van der Waals surface area contributed by atoms with Crippen molar-refractivity contribution in [3.8, 4) is 0 Å². The van der Waals surface area contributed by atoms with Gasteiger partial charge in [-0.15, -0.1) is 0 Å². The van der Waals surface area contributed by atoms with Gasteiger partial charge in [-0.25, -0.2) is 14.4 Å². The molecule has 0 saturated carbocycles. The average molecular weight is 391 g/mol. The van der Waals surface area contributed by atoms with Crippen LogP contribution in [0.15, 0.2) is 48.7 Å². The summed E-state index contributed by atoms with van der Waals surface area (Å²) in [5.74, 6) is 0.640. The molecule has 0 saturated heterocycles. The van der Waals surface area contributed by atoms with E-state index in [2.05, 4.69) is 20.2 Å². The average Bonchev–Trinajstić information content (AvgIpc) is 2.74. The molecular formula is C22H22FN5O. The van der Waals surface area contributed by atoms with E-state index >= 15 is 0 Å². The van der Waals surface area contributed by atoms with E-state index in [9.17, 15) is 9.18 Å². The molecule has 6 nitrogen and oxygen atoms in total. The Morgan fingerprint density at radius 2 is 1.93 bits per heavy atom. The third-order valence-electron chi connectivity index (χ3n) is 5.04. The van der Waals surface area contributed by atoms with Gasteiger partial charge in [0.05, 0.1) is 23.0 Å². The van der Waals surface area contributed by atoms with E-state index < -0.39 is 5.92 Å². The Labute approximate surface area is 168 Å². The van der Waals surface area contributed by atoms with Crippen molar-refractivity contribution in [2.45, 2.75) is 32.6 Å². The molecule has 0 bridgehead atoms. The Morgan fingerprint density at radius 1 is 1.14 bits per heavy atom. The number of rotatable bonds is 4. The second-order valence-corrected chi connectivity index (χ2v) is 7.14. The predicted molar refractivity (Wildman–Crippen MR) is 110 cm³/mol. The fourth-order valence-corrected chi connectivity index (χ4v) is 3.46. The fraction of sp³-hybridized carbons (Fsp3) is 0.273. The Kier molecular flexibility index (Phi) is 5.20. The predicted octanol–water partition coefficient (Wildman–Crippen LogP) is 4.15. The second kappa shape index (κ2) is 7.95. The zero-order valence-corrected chi connectivity index (χ0v) is 16.4. The van der Waals surface area contributed by atoms with Crippen molar-refractivity contribution in [3.63, 3.8) is 0 Å². The number of hydrogen-bond donors (Lipinski definition) is 1. The first-order valence-electron chi connectivity index (χ1n) is 9.65. The molecule has 1 aromatic carbocycles. The number of fused-ring (bicyclic) bond motifs is 1. The molecule has 29 heavy (non-hydrogen) atoms. The molecule has 0 radical (unpaired) electrons. The first-order valence-corrected chi connectivity index (χ1v) is 9.65. The van der Waals surface area contributed by atoms with Gasteiger partial charge in [0.2, 0.25) is 5.91 Å². The van der Waals surface area contributed by atoms with Crippen LogP contribution < -0.4 is 10.2 Å². The number of carbonyl (C=O) groups is 1. The second-order valence-electron chi connectivity index (χ2n) is 7.14. The largest absolute Gasteiger partial charge is 0.326 e. The van der Waals surface area contributed by atoms with Crippen molar-refractivity contribution >= 4 is 23.1 Å². The number of benzene rings is 1. The normalized spacial score (nSPS) is 14.2. The van der Waals surface area contributed by atoms with Crippen LogP contribution in [0.4, 0.5) is 21.6 Å². The Bertz CT molecular complexity index is 1040. The lowest BCUT2D eigenvalue weighted by Crippen LogP contribution is -2.27. The molecule has 1 N–H and O–H groups in total. The minimum Gasteiger partial charge on any atom is -0.326 e. The minimum absolute atomic E-state index is 0.178. The number of aryl methyl sites for hydroxylation is 2. The quantitative estimate of drug-likeness (QED) is 0.724. The molecule has 3 aromatic rings. The standard InChI is InChI=1S/C22H22FN5O/c1-14(22(29)26-17-7-5-16(23)6-8-17)18-9-10-20-19(27-18)4-3-13-28(20)21-11-12-24-15(2)25-21/h5-12,14H,3-4,13H2,1-2H3,(H,26,29). The summed E-state index contributed by atoms with van der Waals surface area (Å²) in [4.78, 5) is 28.2. The van der Waals surface area contributed by atoms with Gasteiger partial charge in [-0.3, -0.25) is 9.78 Å². The summed E-state index contributed by atoms with van der Waals surface area (Å²) < 4.78 is 13.0. The number of anilines is 3. The van der Waals surface area contributed by atoms with Gasteiger partial charge in [-0.1, -0.05) is 0 Å². The molecule has 1 atom stereocenters. The van der Waals surface area contributed by atoms with E-state index in [0.29, 0.717) is 11.4 Å². The summed E-state index contributed by atoms with van der Waals surface area (Å²) in [5.41, 5.74) is 3.26. The molecule has 0 fully saturated rings. The lowest BCUT2D eigenvalue weighted by Gasteiger charge is -2.30. The Morgan fingerprint density at radius 3 is 2.69 bits per heavy atom. The first kappa shape index (κ1) is 19.0. The van der Waals surface area contributed by atoms with Gasteiger partial charge in [-0.2, -0.15) is 0 Å². The molecule has 3 heterocycles. The molecule has 0 spiro atoms. The van der Waals surface area contributed by atoms with Crippen molar-refractivity contribution in [1.29, 1.82) is 0 Å². The Hall–Kier alpha value is -3.35. The van der Waals surface area contributed by atoms with Gasteiger partial charge >= 0.3 is 0 Å². The summed E-state index contributed by atoms with van der Waals surface area (Å²) >= 11 is 0. The monoisotopic (exact) mass is 391 g/mol. The zero-order chi connectivity index (χ0) is 20.4. The maximum absolute atomic E-state index is 13.0. The van der Waals surface area contributed by atoms with Gasteiger partial charge in [-0.05, 0) is 69.2 Å². The molecule has 148 valence electrons. The number of amides is 1. The Balaban J connectivity index is 1.55. The van der Waals surface area contributed by atoms with Crippen LogP contribution in [0, 0.1) is 12.7 Å². The third-order valence-corrected chi connectivity index (χ3v) is 5.04. The number of nitrogens with zero attached hydrogens (tertiary/aromatic N) is 4. The summed E-state index contributed by atoms with van der Waals surface area (Å²) in [6, 6.07) is 11.5. The van der Waals surface area contributed by atoms with Gasteiger partial charge in [0.1, 0.15) is 17.5 Å². The van der Waals surface area contributed by atoms with Crippen molar-refractivity contribution in [2.24, 2.45) is 0 Å². The maximum atomic E-state index is 13.0. The highest BCUT2D eigenvalue weighted by Crippen LogP contribution is 2.32. The van der Waals surface area contributed by atoms with Crippen molar-refractivity contribution in [1.82, 2.24) is 15.0 Å². The van der Waals surface area contributed by atoms with Crippen LogP contribution in [0.25, 0.3) is 0 Å². The molecule has 0 aliphatic carbocycles. The van der Waals surface area contributed by atoms with Crippen LogP contribution in [-0.2, 0) is 11.2 Å². The van der Waals surface area contributed by atoms with Gasteiger partial charge in [0.15, 0.2) is 0 Å². The van der Waals surface area contributed by atoms with Crippen LogP contribution in [0.3, 0.4) is 0 Å². The number of nitrogens with one attached hydrogen (secondary N) is 1. The summed E-state index contributed by atoms with van der Waals surface area (Å²) in [7, 11) is 0. The van der Waals surface area contributed by atoms with Crippen molar-refractivity contribution < 1.29 is 9.18 Å². The number of pyridine rings is 1. The van der Waals surface area contributed by atoms with E-state index in [4.69, 9.17) is 4.98 Å². The van der Waals surface area contributed by atoms with Crippen LogP contribution in [0.1, 0.15) is 36.5 Å². The topological polar surface area (TPSA) is 71.0 Å². The molecule has 7 heteroatoms. The SMILES string of the molecule is Cc1nccc(N2CCCc3nc(C(C)C(=O)Nc4ccc(F)cc4)ccc32)n1. The minimum atomic E-state index is -0.429. The van der Waals surface area contributed by atoms with E-state index in [-0.39, 0.29) is 11.7 Å². The van der Waals surface area contributed by atoms with Crippen LogP contribution in [0.5, 0.6) is 0 Å². The smallest absolute Gasteiger partial charge is 0.233 e. The van der Waals surface area contributed by atoms with Crippen LogP contribution in [-0.4, -0.2) is 27.4 Å². The van der Waals surface area contributed by atoms with E-state index in [1.165, 1.54) is 12.1 Å². The summed E-state index contributed by atoms with van der Waals surface area (Å²) in [6.45, 7) is 4.56. The van der Waals surface area contributed by atoms with Crippen LogP contribution >= 0.6 is 0 Å². The summed E-state index contributed by atoms with van der Waals surface area (Å²) in [5, 5.41) is 2.82. The zero-order valence-electron chi connectivity index (χ0n) is 16.4. The van der Waals surface area contributed by atoms with Crippen LogP contribution in [0.2, 0.25) is 0 Å². The highest BCUT2D eigenvalue weighted by molar-refractivity contribution is 5.95. The van der Waals surface area contributed by atoms with Gasteiger partial charge < -0.3 is 10.2 Å². The first-order chi connectivity index (χ1) is 14.0. The molecule has 4 rings (SSSR count). The molecule has 1 aliphatic rings. The van der Waals surface area contributed by atoms with Gasteiger partial charge in [0.25, 0.3) is 0 Å². The van der Waals surface area contributed by atoms with E-state index in [0.717, 1.165) is 42.4 Å². The molecule has 1 unspecified atom stereocenters. The lowest BCUT2D eigenvalue weighted by atomic mass is 10.0. The van der Waals surface area contributed by atoms with Gasteiger partial charge in [0, 0.05) is 18.4 Å².